The third-order valence-corrected chi connectivity index (χ3v) is 3.51. The fourth-order valence-electron chi connectivity index (χ4n) is 2.25. The van der Waals surface area contributed by atoms with Crippen LogP contribution in [-0.4, -0.2) is 47.8 Å². The lowest BCUT2D eigenvalue weighted by molar-refractivity contribution is -0.149. The molecule has 110 valence electrons. The molecule has 1 aliphatic carbocycles. The molecule has 0 spiro atoms. The normalized spacial score (nSPS) is 27.1. The summed E-state index contributed by atoms with van der Waals surface area (Å²) in [5.74, 6) is -1.05. The molecule has 0 aromatic carbocycles. The van der Waals surface area contributed by atoms with E-state index >= 15 is 0 Å². The highest BCUT2D eigenvalue weighted by atomic mass is 19.4. The van der Waals surface area contributed by atoms with Crippen LogP contribution >= 0.6 is 0 Å². The Morgan fingerprint density at radius 1 is 1.47 bits per heavy atom. The van der Waals surface area contributed by atoms with Crippen molar-refractivity contribution >= 4 is 12.0 Å². The topological polar surface area (TPSA) is 69.6 Å². The van der Waals surface area contributed by atoms with Crippen molar-refractivity contribution < 1.29 is 27.9 Å². The number of carboxylic acid groups (broad SMARTS) is 1. The number of urea groups is 1. The van der Waals surface area contributed by atoms with Gasteiger partial charge in [0.25, 0.3) is 0 Å². The van der Waals surface area contributed by atoms with Gasteiger partial charge in [-0.3, -0.25) is 4.79 Å². The molecule has 0 heterocycles. The average molecular weight is 282 g/mol. The standard InChI is InChI=1S/C11H17F3N2O3/c1-10(8(17)18)5-3-4-7(10)15-9(19)16(2)6-11(12,13)14/h7H,3-6H2,1-2H3,(H,15,19)(H,17,18). The molecule has 0 aliphatic heterocycles. The zero-order valence-corrected chi connectivity index (χ0v) is 10.8. The highest BCUT2D eigenvalue weighted by Crippen LogP contribution is 2.38. The van der Waals surface area contributed by atoms with Crippen LogP contribution in [0.15, 0.2) is 0 Å². The molecule has 0 radical (unpaired) electrons. The van der Waals surface area contributed by atoms with Gasteiger partial charge in [-0.1, -0.05) is 6.42 Å². The number of carbonyl (C=O) groups excluding carboxylic acids is 1. The molecule has 19 heavy (non-hydrogen) atoms. The number of alkyl halides is 3. The first-order valence-electron chi connectivity index (χ1n) is 5.88. The number of amides is 2. The molecule has 0 saturated heterocycles. The van der Waals surface area contributed by atoms with Crippen LogP contribution in [0.3, 0.4) is 0 Å². The summed E-state index contributed by atoms with van der Waals surface area (Å²) in [7, 11) is 1.02. The Balaban J connectivity index is 2.64. The van der Waals surface area contributed by atoms with Gasteiger partial charge in [0, 0.05) is 13.1 Å². The number of carbonyl (C=O) groups is 2. The Labute approximate surface area is 108 Å². The Bertz CT molecular complexity index is 373. The molecule has 0 aromatic rings. The van der Waals surface area contributed by atoms with E-state index in [1.807, 2.05) is 0 Å². The van der Waals surface area contributed by atoms with Crippen LogP contribution in [0.5, 0.6) is 0 Å². The van der Waals surface area contributed by atoms with E-state index in [1.54, 1.807) is 0 Å². The number of rotatable bonds is 3. The van der Waals surface area contributed by atoms with E-state index in [9.17, 15) is 22.8 Å². The Hall–Kier alpha value is -1.47. The lowest BCUT2D eigenvalue weighted by atomic mass is 9.85. The summed E-state index contributed by atoms with van der Waals surface area (Å²) in [6, 6.07) is -1.55. The first-order chi connectivity index (χ1) is 8.56. The lowest BCUT2D eigenvalue weighted by Crippen LogP contribution is -2.51. The monoisotopic (exact) mass is 282 g/mol. The predicted octanol–water partition coefficient (Wildman–Crippen LogP) is 1.83. The third kappa shape index (κ3) is 3.74. The van der Waals surface area contributed by atoms with E-state index in [0.717, 1.165) is 7.05 Å². The largest absolute Gasteiger partial charge is 0.481 e. The number of halogens is 3. The molecular formula is C11H17F3N2O3. The summed E-state index contributed by atoms with van der Waals surface area (Å²) in [6.07, 6.45) is -3.00. The molecule has 2 N–H and O–H groups in total. The maximum Gasteiger partial charge on any atom is 0.406 e. The molecule has 2 amide bonds. The number of carboxylic acids is 1. The fourth-order valence-corrected chi connectivity index (χ4v) is 2.25. The minimum absolute atomic E-state index is 0.399. The molecule has 1 aliphatic rings. The van der Waals surface area contributed by atoms with Crippen molar-refractivity contribution in [3.8, 4) is 0 Å². The van der Waals surface area contributed by atoms with Gasteiger partial charge in [-0.15, -0.1) is 0 Å². The van der Waals surface area contributed by atoms with E-state index in [1.165, 1.54) is 6.92 Å². The second-order valence-corrected chi connectivity index (χ2v) is 5.09. The first-order valence-corrected chi connectivity index (χ1v) is 5.88. The maximum atomic E-state index is 12.1. The molecule has 1 fully saturated rings. The number of nitrogens with one attached hydrogen (secondary N) is 1. The number of aliphatic carboxylic acids is 1. The molecule has 1 rings (SSSR count). The van der Waals surface area contributed by atoms with Gasteiger partial charge in [-0.2, -0.15) is 13.2 Å². The quantitative estimate of drug-likeness (QED) is 0.829. The summed E-state index contributed by atoms with van der Waals surface area (Å²) in [6.45, 7) is 0.131. The summed E-state index contributed by atoms with van der Waals surface area (Å²) >= 11 is 0. The van der Waals surface area contributed by atoms with Crippen LogP contribution in [0.1, 0.15) is 26.2 Å². The summed E-state index contributed by atoms with van der Waals surface area (Å²) in [5.41, 5.74) is -1.12. The number of nitrogens with zero attached hydrogens (tertiary/aromatic N) is 1. The van der Waals surface area contributed by atoms with Gasteiger partial charge in [0.05, 0.1) is 5.41 Å². The van der Waals surface area contributed by atoms with Crippen LogP contribution in [0.4, 0.5) is 18.0 Å². The van der Waals surface area contributed by atoms with Crippen molar-refractivity contribution in [1.29, 1.82) is 0 Å². The Morgan fingerprint density at radius 2 is 2.05 bits per heavy atom. The average Bonchev–Trinajstić information content (AvgIpc) is 2.59. The highest BCUT2D eigenvalue weighted by molar-refractivity contribution is 5.79. The second kappa shape index (κ2) is 5.26. The van der Waals surface area contributed by atoms with Crippen LogP contribution in [0.25, 0.3) is 0 Å². The van der Waals surface area contributed by atoms with Crippen LogP contribution in [0, 0.1) is 5.41 Å². The van der Waals surface area contributed by atoms with Gasteiger partial charge in [-0.25, -0.2) is 4.79 Å². The predicted molar refractivity (Wildman–Crippen MR) is 60.6 cm³/mol. The Morgan fingerprint density at radius 3 is 2.53 bits per heavy atom. The van der Waals surface area contributed by atoms with Crippen LogP contribution in [-0.2, 0) is 4.79 Å². The van der Waals surface area contributed by atoms with E-state index in [4.69, 9.17) is 5.11 Å². The minimum atomic E-state index is -4.47. The second-order valence-electron chi connectivity index (χ2n) is 5.09. The summed E-state index contributed by atoms with van der Waals surface area (Å²) in [5, 5.41) is 11.5. The lowest BCUT2D eigenvalue weighted by Gasteiger charge is -2.29. The molecule has 8 heteroatoms. The Kier molecular flexibility index (Phi) is 4.32. The summed E-state index contributed by atoms with van der Waals surface area (Å²) < 4.78 is 36.4. The van der Waals surface area contributed by atoms with Gasteiger partial charge in [-0.05, 0) is 19.8 Å². The molecule has 2 unspecified atom stereocenters. The molecule has 5 nitrogen and oxygen atoms in total. The van der Waals surface area contributed by atoms with E-state index in [2.05, 4.69) is 5.32 Å². The fraction of sp³-hybridized carbons (Fsp3) is 0.818. The molecule has 1 saturated carbocycles. The number of hydrogen-bond donors (Lipinski definition) is 2. The van der Waals surface area contributed by atoms with Crippen molar-refractivity contribution in [1.82, 2.24) is 10.2 Å². The zero-order chi connectivity index (χ0) is 14.8. The molecule has 0 bridgehead atoms. The smallest absolute Gasteiger partial charge is 0.406 e. The molecular weight excluding hydrogens is 265 g/mol. The van der Waals surface area contributed by atoms with Crippen molar-refractivity contribution in [2.45, 2.75) is 38.4 Å². The van der Waals surface area contributed by atoms with Crippen molar-refractivity contribution in [3.05, 3.63) is 0 Å². The van der Waals surface area contributed by atoms with Gasteiger partial charge in [0.15, 0.2) is 0 Å². The maximum absolute atomic E-state index is 12.1. The van der Waals surface area contributed by atoms with Crippen LogP contribution < -0.4 is 5.32 Å². The van der Waals surface area contributed by atoms with Gasteiger partial charge in [0.1, 0.15) is 6.54 Å². The van der Waals surface area contributed by atoms with Crippen molar-refractivity contribution in [2.24, 2.45) is 5.41 Å². The zero-order valence-electron chi connectivity index (χ0n) is 10.8. The van der Waals surface area contributed by atoms with E-state index in [-0.39, 0.29) is 0 Å². The third-order valence-electron chi connectivity index (χ3n) is 3.51. The van der Waals surface area contributed by atoms with Crippen LogP contribution in [0.2, 0.25) is 0 Å². The van der Waals surface area contributed by atoms with E-state index < -0.39 is 36.2 Å². The van der Waals surface area contributed by atoms with E-state index in [0.29, 0.717) is 24.2 Å². The summed E-state index contributed by atoms with van der Waals surface area (Å²) in [4.78, 5) is 23.3. The SMILES string of the molecule is CN(CC(F)(F)F)C(=O)NC1CCCC1(C)C(=O)O. The molecule has 2 atom stereocenters. The van der Waals surface area contributed by atoms with Gasteiger partial charge >= 0.3 is 18.2 Å². The highest BCUT2D eigenvalue weighted by Gasteiger charge is 2.46. The minimum Gasteiger partial charge on any atom is -0.481 e. The van der Waals surface area contributed by atoms with Crippen molar-refractivity contribution in [2.75, 3.05) is 13.6 Å². The molecule has 0 aromatic heterocycles. The first kappa shape index (κ1) is 15.6. The van der Waals surface area contributed by atoms with Gasteiger partial charge < -0.3 is 15.3 Å². The number of hydrogen-bond acceptors (Lipinski definition) is 2. The van der Waals surface area contributed by atoms with Crippen molar-refractivity contribution in [3.63, 3.8) is 0 Å². The van der Waals surface area contributed by atoms with Gasteiger partial charge in [0.2, 0.25) is 0 Å².